The van der Waals surface area contributed by atoms with Gasteiger partial charge in [-0.3, -0.25) is 4.79 Å². The summed E-state index contributed by atoms with van der Waals surface area (Å²) in [5.41, 5.74) is 6.66. The number of nitrogens with zero attached hydrogens (tertiary/aromatic N) is 3. The smallest absolute Gasteiger partial charge is 0.227 e. The van der Waals surface area contributed by atoms with Gasteiger partial charge in [-0.15, -0.1) is 0 Å². The molecule has 3 aromatic rings. The molecule has 1 aliphatic rings. The molecule has 2 heterocycles. The second-order valence-corrected chi connectivity index (χ2v) is 7.76. The Kier molecular flexibility index (Phi) is 4.94. The van der Waals surface area contributed by atoms with Crippen molar-refractivity contribution in [1.82, 2.24) is 9.55 Å². The summed E-state index contributed by atoms with van der Waals surface area (Å²) in [5.74, 6) is 1.23. The molecule has 1 fully saturated rings. The third-order valence-electron chi connectivity index (χ3n) is 5.60. The van der Waals surface area contributed by atoms with E-state index in [4.69, 9.17) is 9.72 Å². The van der Waals surface area contributed by atoms with Crippen molar-refractivity contribution in [2.45, 2.75) is 39.7 Å². The molecular weight excluding hydrogens is 350 g/mol. The molecule has 146 valence electrons. The fourth-order valence-electron chi connectivity index (χ4n) is 4.52. The molecule has 0 aliphatic carbocycles. The third kappa shape index (κ3) is 3.20. The number of benzene rings is 2. The SMILES string of the molecule is COCCn1c([C@@H]2CC(=O)N(c3c(C)cc(C)cc3C)C2)nc2ccccc21. The van der Waals surface area contributed by atoms with Crippen LogP contribution in [0.25, 0.3) is 11.0 Å². The van der Waals surface area contributed by atoms with Gasteiger partial charge in [0.2, 0.25) is 5.91 Å². The van der Waals surface area contributed by atoms with Crippen LogP contribution in [0.5, 0.6) is 0 Å². The number of para-hydroxylation sites is 2. The van der Waals surface area contributed by atoms with Gasteiger partial charge in [-0.1, -0.05) is 29.8 Å². The molecule has 0 bridgehead atoms. The van der Waals surface area contributed by atoms with Gasteiger partial charge in [-0.05, 0) is 44.0 Å². The van der Waals surface area contributed by atoms with E-state index in [1.54, 1.807) is 7.11 Å². The standard InChI is InChI=1S/C23H27N3O2/c1-15-11-16(2)22(17(3)12-15)26-14-18(13-21(26)27)23-24-19-7-5-6-8-20(19)25(23)9-10-28-4/h5-8,11-12,18H,9-10,13-14H2,1-4H3/t18-/m1/s1. The zero-order valence-electron chi connectivity index (χ0n) is 17.0. The van der Waals surface area contributed by atoms with E-state index in [0.29, 0.717) is 19.6 Å². The summed E-state index contributed by atoms with van der Waals surface area (Å²) in [6, 6.07) is 12.5. The van der Waals surface area contributed by atoms with Crippen LogP contribution >= 0.6 is 0 Å². The molecule has 1 atom stereocenters. The Hall–Kier alpha value is -2.66. The molecule has 28 heavy (non-hydrogen) atoms. The number of ether oxygens (including phenoxy) is 1. The van der Waals surface area contributed by atoms with Crippen molar-refractivity contribution in [2.24, 2.45) is 0 Å². The first-order chi connectivity index (χ1) is 13.5. The van der Waals surface area contributed by atoms with E-state index in [-0.39, 0.29) is 11.8 Å². The Labute approximate surface area is 165 Å². The number of rotatable bonds is 5. The van der Waals surface area contributed by atoms with Crippen LogP contribution in [0.2, 0.25) is 0 Å². The number of carbonyl (C=O) groups is 1. The fourth-order valence-corrected chi connectivity index (χ4v) is 4.52. The van der Waals surface area contributed by atoms with Gasteiger partial charge in [0.25, 0.3) is 0 Å². The molecular formula is C23H27N3O2. The topological polar surface area (TPSA) is 47.4 Å². The number of anilines is 1. The van der Waals surface area contributed by atoms with Crippen LogP contribution in [-0.2, 0) is 16.1 Å². The number of methoxy groups -OCH3 is 1. The van der Waals surface area contributed by atoms with Crippen molar-refractivity contribution in [3.05, 3.63) is 58.9 Å². The van der Waals surface area contributed by atoms with Crippen LogP contribution in [0.15, 0.2) is 36.4 Å². The lowest BCUT2D eigenvalue weighted by atomic mass is 10.0. The summed E-state index contributed by atoms with van der Waals surface area (Å²) < 4.78 is 7.53. The summed E-state index contributed by atoms with van der Waals surface area (Å²) in [6.07, 6.45) is 0.489. The molecule has 1 aromatic heterocycles. The van der Waals surface area contributed by atoms with E-state index in [9.17, 15) is 4.79 Å². The van der Waals surface area contributed by atoms with Gasteiger partial charge >= 0.3 is 0 Å². The van der Waals surface area contributed by atoms with Gasteiger partial charge in [0.1, 0.15) is 5.82 Å². The molecule has 4 rings (SSSR count). The average molecular weight is 377 g/mol. The molecule has 0 saturated carbocycles. The Morgan fingerprint density at radius 1 is 1.14 bits per heavy atom. The molecule has 1 amide bonds. The largest absolute Gasteiger partial charge is 0.383 e. The summed E-state index contributed by atoms with van der Waals surface area (Å²) in [4.78, 5) is 19.8. The van der Waals surface area contributed by atoms with Crippen molar-refractivity contribution in [2.75, 3.05) is 25.2 Å². The van der Waals surface area contributed by atoms with Gasteiger partial charge in [0.05, 0.1) is 17.6 Å². The normalized spacial score (nSPS) is 17.1. The minimum atomic E-state index is 0.0804. The number of aryl methyl sites for hydroxylation is 3. The number of hydrogen-bond acceptors (Lipinski definition) is 3. The number of fused-ring (bicyclic) bond motifs is 1. The van der Waals surface area contributed by atoms with Crippen LogP contribution in [0.1, 0.15) is 34.9 Å². The molecule has 0 unspecified atom stereocenters. The number of hydrogen-bond donors (Lipinski definition) is 0. The average Bonchev–Trinajstić information content (AvgIpc) is 3.20. The first-order valence-corrected chi connectivity index (χ1v) is 9.82. The van der Waals surface area contributed by atoms with Gasteiger partial charge in [-0.25, -0.2) is 4.98 Å². The van der Waals surface area contributed by atoms with Crippen LogP contribution in [0, 0.1) is 20.8 Å². The number of carbonyl (C=O) groups excluding carboxylic acids is 1. The number of imidazole rings is 1. The highest BCUT2D eigenvalue weighted by molar-refractivity contribution is 5.98. The van der Waals surface area contributed by atoms with Gasteiger partial charge in [0.15, 0.2) is 0 Å². The van der Waals surface area contributed by atoms with E-state index in [2.05, 4.69) is 43.5 Å². The Morgan fingerprint density at radius 2 is 1.86 bits per heavy atom. The fraction of sp³-hybridized carbons (Fsp3) is 0.391. The highest BCUT2D eigenvalue weighted by Crippen LogP contribution is 2.36. The predicted octanol–water partition coefficient (Wildman–Crippen LogP) is 4.13. The zero-order chi connectivity index (χ0) is 19.8. The molecule has 0 N–H and O–H groups in total. The maximum absolute atomic E-state index is 13.0. The van der Waals surface area contributed by atoms with Gasteiger partial charge in [-0.2, -0.15) is 0 Å². The molecule has 0 spiro atoms. The minimum absolute atomic E-state index is 0.0804. The first kappa shape index (κ1) is 18.7. The van der Waals surface area contributed by atoms with E-state index < -0.39 is 0 Å². The Bertz CT molecular complexity index is 1010. The van der Waals surface area contributed by atoms with Crippen molar-refractivity contribution in [3.63, 3.8) is 0 Å². The maximum atomic E-state index is 13.0. The Morgan fingerprint density at radius 3 is 2.57 bits per heavy atom. The summed E-state index contributed by atoms with van der Waals surface area (Å²) >= 11 is 0. The molecule has 1 saturated heterocycles. The van der Waals surface area contributed by atoms with Gasteiger partial charge in [0, 0.05) is 38.2 Å². The number of amides is 1. The lowest BCUT2D eigenvalue weighted by Crippen LogP contribution is -2.26. The van der Waals surface area contributed by atoms with Gasteiger partial charge < -0.3 is 14.2 Å². The Balaban J connectivity index is 1.72. The van der Waals surface area contributed by atoms with Crippen molar-refractivity contribution in [1.29, 1.82) is 0 Å². The first-order valence-electron chi connectivity index (χ1n) is 9.82. The molecule has 5 nitrogen and oxygen atoms in total. The van der Waals surface area contributed by atoms with E-state index in [1.165, 1.54) is 5.56 Å². The van der Waals surface area contributed by atoms with Crippen LogP contribution in [0.4, 0.5) is 5.69 Å². The maximum Gasteiger partial charge on any atom is 0.227 e. The summed E-state index contributed by atoms with van der Waals surface area (Å²) in [6.45, 7) is 8.29. The van der Waals surface area contributed by atoms with E-state index in [1.807, 2.05) is 23.1 Å². The van der Waals surface area contributed by atoms with Crippen molar-refractivity contribution in [3.8, 4) is 0 Å². The second-order valence-electron chi connectivity index (χ2n) is 7.76. The monoisotopic (exact) mass is 377 g/mol. The highest BCUT2D eigenvalue weighted by Gasteiger charge is 2.36. The molecule has 2 aromatic carbocycles. The second kappa shape index (κ2) is 7.40. The quantitative estimate of drug-likeness (QED) is 0.672. The zero-order valence-corrected chi connectivity index (χ0v) is 17.0. The van der Waals surface area contributed by atoms with E-state index in [0.717, 1.165) is 40.2 Å². The van der Waals surface area contributed by atoms with E-state index >= 15 is 0 Å². The molecule has 5 heteroatoms. The molecule has 0 radical (unpaired) electrons. The van der Waals surface area contributed by atoms with Crippen LogP contribution < -0.4 is 4.90 Å². The van der Waals surface area contributed by atoms with Crippen LogP contribution in [0.3, 0.4) is 0 Å². The van der Waals surface area contributed by atoms with Crippen LogP contribution in [-0.4, -0.2) is 35.7 Å². The summed E-state index contributed by atoms with van der Waals surface area (Å²) in [7, 11) is 1.71. The predicted molar refractivity (Wildman–Crippen MR) is 112 cm³/mol. The van der Waals surface area contributed by atoms with Crippen molar-refractivity contribution >= 4 is 22.6 Å². The number of aromatic nitrogens is 2. The molecule has 1 aliphatic heterocycles. The van der Waals surface area contributed by atoms with Crippen molar-refractivity contribution < 1.29 is 9.53 Å². The lowest BCUT2D eigenvalue weighted by Gasteiger charge is -2.22. The minimum Gasteiger partial charge on any atom is -0.383 e. The third-order valence-corrected chi connectivity index (χ3v) is 5.60. The lowest BCUT2D eigenvalue weighted by molar-refractivity contribution is -0.117. The summed E-state index contributed by atoms with van der Waals surface area (Å²) in [5, 5.41) is 0. The highest BCUT2D eigenvalue weighted by atomic mass is 16.5.